The van der Waals surface area contributed by atoms with Crippen molar-refractivity contribution >= 4 is 39.9 Å². The first kappa shape index (κ1) is 24.0. The molecule has 1 aliphatic heterocycles. The molecular formula is C27H28ClN7O. The van der Waals surface area contributed by atoms with Crippen LogP contribution in [0.4, 0.5) is 5.82 Å². The second-order valence-electron chi connectivity index (χ2n) is 9.24. The molecule has 0 spiro atoms. The van der Waals surface area contributed by atoms with Crippen molar-refractivity contribution in [2.75, 3.05) is 32.9 Å². The molecule has 1 aliphatic rings. The highest BCUT2D eigenvalue weighted by Gasteiger charge is 2.19. The third-order valence-corrected chi connectivity index (χ3v) is 6.95. The number of halogens is 1. The quantitative estimate of drug-likeness (QED) is 0.439. The summed E-state index contributed by atoms with van der Waals surface area (Å²) >= 11 is 6.57. The van der Waals surface area contributed by atoms with Crippen molar-refractivity contribution in [3.63, 3.8) is 0 Å². The average molecular weight is 502 g/mol. The van der Waals surface area contributed by atoms with E-state index in [1.54, 1.807) is 37.3 Å². The van der Waals surface area contributed by atoms with Gasteiger partial charge in [0, 0.05) is 74.2 Å². The number of rotatable bonds is 5. The molecule has 4 heterocycles. The molecule has 0 bridgehead atoms. The van der Waals surface area contributed by atoms with Crippen molar-refractivity contribution in [1.82, 2.24) is 29.5 Å². The first-order valence-corrected chi connectivity index (χ1v) is 12.2. The van der Waals surface area contributed by atoms with Crippen LogP contribution in [0.5, 0.6) is 0 Å². The number of nitrogens with zero attached hydrogens (tertiary/aromatic N) is 6. The van der Waals surface area contributed by atoms with Crippen LogP contribution in [0.1, 0.15) is 28.0 Å². The second-order valence-corrected chi connectivity index (χ2v) is 9.65. The maximum Gasteiger partial charge on any atom is 0.253 e. The fourth-order valence-corrected chi connectivity index (χ4v) is 4.93. The number of fused-ring (bicyclic) bond motifs is 1. The monoisotopic (exact) mass is 501 g/mol. The first-order chi connectivity index (χ1) is 17.3. The molecule has 0 aliphatic carbocycles. The lowest BCUT2D eigenvalue weighted by atomic mass is 9.98. The number of carbonyl (C=O) groups is 1. The third kappa shape index (κ3) is 4.57. The lowest BCUT2D eigenvalue weighted by Gasteiger charge is -2.27. The SMILES string of the molecule is CN(C)C(=O)c1ccc(C2=CCN(Cc3cc4c(-c5ccc(N)nn5)ccnc4n3C)CC2)c(Cl)c1. The molecule has 184 valence electrons. The van der Waals surface area contributed by atoms with Crippen molar-refractivity contribution in [2.24, 2.45) is 7.05 Å². The number of hydrogen-bond acceptors (Lipinski definition) is 6. The molecule has 0 atom stereocenters. The molecule has 1 amide bonds. The molecule has 3 aromatic heterocycles. The van der Waals surface area contributed by atoms with E-state index in [1.165, 1.54) is 11.3 Å². The number of benzene rings is 1. The van der Waals surface area contributed by atoms with Gasteiger partial charge in [0.1, 0.15) is 11.5 Å². The van der Waals surface area contributed by atoms with Gasteiger partial charge in [-0.15, -0.1) is 10.2 Å². The summed E-state index contributed by atoms with van der Waals surface area (Å²) in [5.74, 6) is 0.345. The van der Waals surface area contributed by atoms with Crippen LogP contribution in [0.15, 0.2) is 54.7 Å². The van der Waals surface area contributed by atoms with Crippen LogP contribution in [0, 0.1) is 0 Å². The van der Waals surface area contributed by atoms with E-state index >= 15 is 0 Å². The number of pyridine rings is 1. The summed E-state index contributed by atoms with van der Waals surface area (Å²) in [7, 11) is 5.52. The number of nitrogens with two attached hydrogens (primary N) is 1. The van der Waals surface area contributed by atoms with Crippen molar-refractivity contribution in [2.45, 2.75) is 13.0 Å². The van der Waals surface area contributed by atoms with Crippen LogP contribution in [0.2, 0.25) is 5.02 Å². The highest BCUT2D eigenvalue weighted by atomic mass is 35.5. The summed E-state index contributed by atoms with van der Waals surface area (Å²) in [6.07, 6.45) is 4.92. The summed E-state index contributed by atoms with van der Waals surface area (Å²) in [6, 6.07) is 13.4. The Labute approximate surface area is 215 Å². The average Bonchev–Trinajstić information content (AvgIpc) is 3.19. The number of hydrogen-bond donors (Lipinski definition) is 1. The lowest BCUT2D eigenvalue weighted by Crippen LogP contribution is -2.28. The van der Waals surface area contributed by atoms with Gasteiger partial charge in [-0.05, 0) is 54.0 Å². The number of aromatic nitrogens is 4. The summed E-state index contributed by atoms with van der Waals surface area (Å²) < 4.78 is 2.14. The minimum Gasteiger partial charge on any atom is -0.382 e. The second kappa shape index (κ2) is 9.72. The Balaban J connectivity index is 1.35. The van der Waals surface area contributed by atoms with Gasteiger partial charge in [-0.1, -0.05) is 23.7 Å². The normalized spacial score (nSPS) is 14.2. The molecule has 2 N–H and O–H groups in total. The summed E-state index contributed by atoms with van der Waals surface area (Å²) in [5.41, 5.74) is 12.4. The van der Waals surface area contributed by atoms with E-state index in [0.717, 1.165) is 53.9 Å². The Morgan fingerprint density at radius 1 is 1.11 bits per heavy atom. The third-order valence-electron chi connectivity index (χ3n) is 6.64. The van der Waals surface area contributed by atoms with E-state index in [0.29, 0.717) is 16.4 Å². The highest BCUT2D eigenvalue weighted by Crippen LogP contribution is 2.32. The smallest absolute Gasteiger partial charge is 0.253 e. The molecule has 36 heavy (non-hydrogen) atoms. The van der Waals surface area contributed by atoms with Gasteiger partial charge in [-0.2, -0.15) is 0 Å². The van der Waals surface area contributed by atoms with Crippen LogP contribution in [0.3, 0.4) is 0 Å². The molecule has 4 aromatic rings. The summed E-state index contributed by atoms with van der Waals surface area (Å²) in [6.45, 7) is 2.52. The number of nitrogen functional groups attached to an aromatic ring is 1. The number of aryl methyl sites for hydroxylation is 1. The number of anilines is 1. The van der Waals surface area contributed by atoms with Crippen molar-refractivity contribution in [3.8, 4) is 11.3 Å². The van der Waals surface area contributed by atoms with Crippen molar-refractivity contribution < 1.29 is 4.79 Å². The molecule has 9 heteroatoms. The van der Waals surface area contributed by atoms with Gasteiger partial charge in [0.25, 0.3) is 5.91 Å². The van der Waals surface area contributed by atoms with E-state index in [4.69, 9.17) is 17.3 Å². The molecule has 0 saturated heterocycles. The van der Waals surface area contributed by atoms with E-state index in [1.807, 2.05) is 31.3 Å². The van der Waals surface area contributed by atoms with Gasteiger partial charge in [0.05, 0.1) is 5.69 Å². The Bertz CT molecular complexity index is 1470. The maximum atomic E-state index is 12.2. The minimum absolute atomic E-state index is 0.0525. The minimum atomic E-state index is -0.0525. The van der Waals surface area contributed by atoms with E-state index in [9.17, 15) is 4.79 Å². The molecule has 0 fully saturated rings. The van der Waals surface area contributed by atoms with E-state index in [-0.39, 0.29) is 5.91 Å². The van der Waals surface area contributed by atoms with Gasteiger partial charge in [-0.25, -0.2) is 4.98 Å². The standard InChI is InChI=1S/C27H28ClN7O/c1-33(2)27(36)18-4-5-20(23(28)14-18)17-9-12-35(13-10-17)16-19-15-22-21(8-11-30-26(22)34(19)3)24-6-7-25(29)32-31-24/h4-9,11,14-15H,10,12-13,16H2,1-3H3,(H2,29,32). The zero-order chi connectivity index (χ0) is 25.4. The van der Waals surface area contributed by atoms with Gasteiger partial charge >= 0.3 is 0 Å². The molecule has 8 nitrogen and oxygen atoms in total. The largest absolute Gasteiger partial charge is 0.382 e. The fraction of sp³-hybridized carbons (Fsp3) is 0.259. The molecule has 5 rings (SSSR count). The predicted molar refractivity (Wildman–Crippen MR) is 143 cm³/mol. The van der Waals surface area contributed by atoms with Gasteiger partial charge in [0.15, 0.2) is 0 Å². The molecule has 0 unspecified atom stereocenters. The van der Waals surface area contributed by atoms with Gasteiger partial charge in [0.2, 0.25) is 0 Å². The maximum absolute atomic E-state index is 12.2. The van der Waals surface area contributed by atoms with Crippen molar-refractivity contribution in [3.05, 3.63) is 76.6 Å². The molecule has 0 radical (unpaired) electrons. The van der Waals surface area contributed by atoms with Crippen LogP contribution in [0.25, 0.3) is 27.9 Å². The number of carbonyl (C=O) groups excluding carboxylic acids is 1. The van der Waals surface area contributed by atoms with Crippen LogP contribution in [-0.2, 0) is 13.6 Å². The Kier molecular flexibility index (Phi) is 6.47. The van der Waals surface area contributed by atoms with E-state index < -0.39 is 0 Å². The number of amides is 1. The molecular weight excluding hydrogens is 474 g/mol. The van der Waals surface area contributed by atoms with Crippen LogP contribution >= 0.6 is 11.6 Å². The Morgan fingerprint density at radius 2 is 1.94 bits per heavy atom. The van der Waals surface area contributed by atoms with Crippen LogP contribution in [-0.4, -0.2) is 62.6 Å². The van der Waals surface area contributed by atoms with Gasteiger partial charge < -0.3 is 15.2 Å². The topological polar surface area (TPSA) is 93.2 Å². The fourth-order valence-electron chi connectivity index (χ4n) is 4.63. The Morgan fingerprint density at radius 3 is 2.61 bits per heavy atom. The summed E-state index contributed by atoms with van der Waals surface area (Å²) in [4.78, 5) is 20.8. The van der Waals surface area contributed by atoms with E-state index in [2.05, 4.69) is 36.8 Å². The lowest BCUT2D eigenvalue weighted by molar-refractivity contribution is 0.0827. The Hall–Kier alpha value is -3.75. The van der Waals surface area contributed by atoms with Crippen LogP contribution < -0.4 is 5.73 Å². The zero-order valence-corrected chi connectivity index (χ0v) is 21.3. The van der Waals surface area contributed by atoms with Crippen molar-refractivity contribution in [1.29, 1.82) is 0 Å². The summed E-state index contributed by atoms with van der Waals surface area (Å²) in [5, 5.41) is 9.92. The first-order valence-electron chi connectivity index (χ1n) is 11.8. The molecule has 0 saturated carbocycles. The zero-order valence-electron chi connectivity index (χ0n) is 20.6. The highest BCUT2D eigenvalue weighted by molar-refractivity contribution is 6.32. The predicted octanol–water partition coefficient (Wildman–Crippen LogP) is 4.26. The van der Waals surface area contributed by atoms with Gasteiger partial charge in [-0.3, -0.25) is 9.69 Å². The molecule has 1 aromatic carbocycles.